The van der Waals surface area contributed by atoms with Crippen LogP contribution in [0.4, 0.5) is 10.5 Å². The van der Waals surface area contributed by atoms with Crippen LogP contribution < -0.4 is 5.32 Å². The Bertz CT molecular complexity index is 928. The zero-order chi connectivity index (χ0) is 26.1. The second kappa shape index (κ2) is 10.7. The summed E-state index contributed by atoms with van der Waals surface area (Å²) in [6.07, 6.45) is 3.55. The number of aryl methyl sites for hydroxylation is 1. The van der Waals surface area contributed by atoms with E-state index >= 15 is 0 Å². The van der Waals surface area contributed by atoms with Gasteiger partial charge in [-0.25, -0.2) is 4.79 Å². The molecule has 4 rings (SSSR count). The van der Waals surface area contributed by atoms with Gasteiger partial charge in [0.1, 0.15) is 6.10 Å². The Kier molecular flexibility index (Phi) is 8.01. The molecule has 2 amide bonds. The lowest BCUT2D eigenvalue weighted by atomic mass is 9.46. The lowest BCUT2D eigenvalue weighted by molar-refractivity contribution is -0.186. The minimum Gasteiger partial charge on any atom is -0.445 e. The molecule has 1 aromatic rings. The number of likely N-dealkylation sites (tertiary alicyclic amines) is 1. The van der Waals surface area contributed by atoms with Crippen molar-refractivity contribution in [2.45, 2.75) is 84.8 Å². The monoisotopic (exact) mass is 500 g/mol. The standard InChI is InChI=1S/C29H44N2O5/c1-19-5-7-21(8-6-19)30-27(35)36-25-11-14-28(3)22(17-26(34)31-15-12-20(2)13-16-31)23(33)9-10-24(28)29(25,4)18-32/h5-8,20,22-25,32-33H,9-18H2,1-4H3,(H,30,35). The number of aliphatic hydroxyl groups excluding tert-OH is 2. The van der Waals surface area contributed by atoms with E-state index in [-0.39, 0.29) is 29.8 Å². The molecule has 3 N–H and O–H groups in total. The third-order valence-electron chi connectivity index (χ3n) is 9.75. The van der Waals surface area contributed by atoms with Crippen LogP contribution in [0.25, 0.3) is 0 Å². The van der Waals surface area contributed by atoms with Crippen LogP contribution in [0.3, 0.4) is 0 Å². The van der Waals surface area contributed by atoms with Gasteiger partial charge in [-0.3, -0.25) is 10.1 Å². The second-order valence-corrected chi connectivity index (χ2v) is 12.2. The van der Waals surface area contributed by atoms with Gasteiger partial charge in [0.2, 0.25) is 5.91 Å². The molecule has 3 fully saturated rings. The van der Waals surface area contributed by atoms with Crippen molar-refractivity contribution >= 4 is 17.7 Å². The molecular formula is C29H44N2O5. The normalized spacial score (nSPS) is 35.1. The zero-order valence-electron chi connectivity index (χ0n) is 22.3. The Hall–Kier alpha value is -2.12. The van der Waals surface area contributed by atoms with E-state index in [2.05, 4.69) is 19.2 Å². The molecule has 200 valence electrons. The van der Waals surface area contributed by atoms with E-state index in [0.29, 0.717) is 30.9 Å². The Balaban J connectivity index is 1.47. The fraction of sp³-hybridized carbons (Fsp3) is 0.724. The highest BCUT2D eigenvalue weighted by atomic mass is 16.6. The minimum absolute atomic E-state index is 0.0310. The minimum atomic E-state index is -0.653. The highest BCUT2D eigenvalue weighted by Gasteiger charge is 2.60. The second-order valence-electron chi connectivity index (χ2n) is 12.2. The molecule has 0 radical (unpaired) electrons. The van der Waals surface area contributed by atoms with Crippen LogP contribution in [-0.2, 0) is 9.53 Å². The van der Waals surface area contributed by atoms with Gasteiger partial charge >= 0.3 is 6.09 Å². The molecule has 0 bridgehead atoms. The van der Waals surface area contributed by atoms with Gasteiger partial charge < -0.3 is 19.8 Å². The number of fused-ring (bicyclic) bond motifs is 1. The van der Waals surface area contributed by atoms with Gasteiger partial charge in [-0.2, -0.15) is 0 Å². The van der Waals surface area contributed by atoms with E-state index in [0.717, 1.165) is 44.3 Å². The predicted molar refractivity (Wildman–Crippen MR) is 139 cm³/mol. The van der Waals surface area contributed by atoms with Crippen molar-refractivity contribution in [3.05, 3.63) is 29.8 Å². The van der Waals surface area contributed by atoms with Crippen LogP contribution in [0.2, 0.25) is 0 Å². The SMILES string of the molecule is Cc1ccc(NC(=O)OC2CCC3(C)C(CC(=O)N4CCC(C)CC4)C(O)CCC3C2(C)CO)cc1. The number of benzene rings is 1. The summed E-state index contributed by atoms with van der Waals surface area (Å²) in [7, 11) is 0. The van der Waals surface area contributed by atoms with Crippen molar-refractivity contribution < 1.29 is 24.5 Å². The van der Waals surface area contributed by atoms with Crippen LogP contribution in [0.1, 0.15) is 71.3 Å². The molecule has 6 unspecified atom stereocenters. The molecule has 1 heterocycles. The molecule has 7 heteroatoms. The first kappa shape index (κ1) is 26.9. The lowest BCUT2D eigenvalue weighted by Gasteiger charge is -2.60. The van der Waals surface area contributed by atoms with Crippen molar-refractivity contribution in [2.24, 2.45) is 28.6 Å². The Labute approximate surface area is 215 Å². The van der Waals surface area contributed by atoms with Crippen molar-refractivity contribution in [3.8, 4) is 0 Å². The predicted octanol–water partition coefficient (Wildman–Crippen LogP) is 4.75. The van der Waals surface area contributed by atoms with Crippen molar-refractivity contribution in [1.29, 1.82) is 0 Å². The molecule has 0 aromatic heterocycles. The number of carbonyl (C=O) groups is 2. The number of nitrogens with one attached hydrogen (secondary N) is 1. The van der Waals surface area contributed by atoms with Crippen molar-refractivity contribution in [3.63, 3.8) is 0 Å². The summed E-state index contributed by atoms with van der Waals surface area (Å²) in [6.45, 7) is 9.87. The number of aliphatic hydroxyl groups is 2. The molecule has 7 nitrogen and oxygen atoms in total. The smallest absolute Gasteiger partial charge is 0.411 e. The molecule has 2 aliphatic carbocycles. The van der Waals surface area contributed by atoms with E-state index in [1.54, 1.807) is 0 Å². The van der Waals surface area contributed by atoms with Crippen molar-refractivity contribution in [2.75, 3.05) is 25.0 Å². The lowest BCUT2D eigenvalue weighted by Crippen LogP contribution is -2.61. The molecule has 0 spiro atoms. The third-order valence-corrected chi connectivity index (χ3v) is 9.75. The highest BCUT2D eigenvalue weighted by molar-refractivity contribution is 5.84. The largest absolute Gasteiger partial charge is 0.445 e. The van der Waals surface area contributed by atoms with E-state index in [4.69, 9.17) is 4.74 Å². The molecule has 1 aliphatic heterocycles. The summed E-state index contributed by atoms with van der Waals surface area (Å²) >= 11 is 0. The van der Waals surface area contributed by atoms with Gasteiger partial charge in [-0.15, -0.1) is 0 Å². The summed E-state index contributed by atoms with van der Waals surface area (Å²) in [6, 6.07) is 7.54. The van der Waals surface area contributed by atoms with Gasteiger partial charge in [0.25, 0.3) is 0 Å². The van der Waals surface area contributed by atoms with E-state index in [9.17, 15) is 19.8 Å². The molecule has 3 aliphatic rings. The number of nitrogens with zero attached hydrogens (tertiary/aromatic N) is 1. The quantitative estimate of drug-likeness (QED) is 0.542. The van der Waals surface area contributed by atoms with E-state index in [1.807, 2.05) is 43.0 Å². The third kappa shape index (κ3) is 5.28. The number of amides is 2. The number of piperidine rings is 1. The summed E-state index contributed by atoms with van der Waals surface area (Å²) < 4.78 is 5.93. The number of anilines is 1. The van der Waals surface area contributed by atoms with Crippen LogP contribution in [0.15, 0.2) is 24.3 Å². The molecule has 2 saturated carbocycles. The first-order chi connectivity index (χ1) is 17.1. The first-order valence-electron chi connectivity index (χ1n) is 13.7. The van der Waals surface area contributed by atoms with E-state index < -0.39 is 23.7 Å². The topological polar surface area (TPSA) is 99.1 Å². The number of rotatable bonds is 5. The van der Waals surface area contributed by atoms with Gasteiger partial charge in [-0.05, 0) is 80.8 Å². The Morgan fingerprint density at radius 3 is 2.39 bits per heavy atom. The molecular weight excluding hydrogens is 456 g/mol. The number of ether oxygens (including phenoxy) is 1. The van der Waals surface area contributed by atoms with Crippen molar-refractivity contribution in [1.82, 2.24) is 4.90 Å². The van der Waals surface area contributed by atoms with Gasteiger partial charge in [0.05, 0.1) is 12.7 Å². The maximum Gasteiger partial charge on any atom is 0.411 e. The van der Waals surface area contributed by atoms with Crippen LogP contribution in [0, 0.1) is 35.5 Å². The maximum atomic E-state index is 13.3. The van der Waals surface area contributed by atoms with Gasteiger partial charge in [0, 0.05) is 30.6 Å². The highest BCUT2D eigenvalue weighted by Crippen LogP contribution is 2.61. The fourth-order valence-electron chi connectivity index (χ4n) is 7.27. The molecule has 1 saturated heterocycles. The number of hydrogen-bond donors (Lipinski definition) is 3. The fourth-order valence-corrected chi connectivity index (χ4v) is 7.27. The van der Waals surface area contributed by atoms with Gasteiger partial charge in [-0.1, -0.05) is 38.5 Å². The Morgan fingerprint density at radius 2 is 1.75 bits per heavy atom. The average Bonchev–Trinajstić information content (AvgIpc) is 2.85. The summed E-state index contributed by atoms with van der Waals surface area (Å²) in [4.78, 5) is 28.0. The van der Waals surface area contributed by atoms with Crippen LogP contribution >= 0.6 is 0 Å². The molecule has 1 aromatic carbocycles. The first-order valence-corrected chi connectivity index (χ1v) is 13.7. The number of hydrogen-bond acceptors (Lipinski definition) is 5. The van der Waals surface area contributed by atoms with E-state index in [1.165, 1.54) is 0 Å². The molecule has 6 atom stereocenters. The maximum absolute atomic E-state index is 13.3. The summed E-state index contributed by atoms with van der Waals surface area (Å²) in [5.74, 6) is 0.647. The van der Waals surface area contributed by atoms with Crippen LogP contribution in [-0.4, -0.2) is 59.0 Å². The molecule has 36 heavy (non-hydrogen) atoms. The van der Waals surface area contributed by atoms with Crippen LogP contribution in [0.5, 0.6) is 0 Å². The number of carbonyl (C=O) groups excluding carboxylic acids is 2. The summed E-state index contributed by atoms with van der Waals surface area (Å²) in [5.41, 5.74) is 0.806. The van der Waals surface area contributed by atoms with Gasteiger partial charge in [0.15, 0.2) is 0 Å². The summed E-state index contributed by atoms with van der Waals surface area (Å²) in [5, 5.41) is 24.5. The Morgan fingerprint density at radius 1 is 1.08 bits per heavy atom. The average molecular weight is 501 g/mol. The zero-order valence-corrected chi connectivity index (χ0v) is 22.3.